The van der Waals surface area contributed by atoms with E-state index in [2.05, 4.69) is 43.2 Å². The van der Waals surface area contributed by atoms with Crippen molar-refractivity contribution in [2.45, 2.75) is 50.7 Å². The molecule has 0 spiro atoms. The molecule has 7 heteroatoms. The van der Waals surface area contributed by atoms with Crippen LogP contribution in [0, 0.1) is 6.92 Å². The lowest BCUT2D eigenvalue weighted by Crippen LogP contribution is -2.44. The molecule has 0 saturated heterocycles. The van der Waals surface area contributed by atoms with E-state index in [9.17, 15) is 8.42 Å². The van der Waals surface area contributed by atoms with Crippen LogP contribution in [0.4, 0.5) is 5.69 Å². The molecular formula is C26H32N2O3SSi. The maximum Gasteiger partial charge on any atom is 0.261 e. The first-order valence-corrected chi connectivity index (χ1v) is 15.5. The molecule has 0 fully saturated rings. The van der Waals surface area contributed by atoms with Crippen molar-refractivity contribution >= 4 is 45.7 Å². The van der Waals surface area contributed by atoms with E-state index in [1.807, 2.05) is 56.4 Å². The molecule has 33 heavy (non-hydrogen) atoms. The molecule has 0 bridgehead atoms. The van der Waals surface area contributed by atoms with Crippen molar-refractivity contribution in [3.63, 3.8) is 0 Å². The Morgan fingerprint density at radius 3 is 2.27 bits per heavy atom. The molecule has 1 heterocycles. The summed E-state index contributed by atoms with van der Waals surface area (Å²) in [5.74, 6) is 0.839. The van der Waals surface area contributed by atoms with Crippen LogP contribution in [-0.2, 0) is 17.1 Å². The van der Waals surface area contributed by atoms with Crippen LogP contribution in [0.1, 0.15) is 26.5 Å². The highest BCUT2D eigenvalue weighted by molar-refractivity contribution is 7.92. The van der Waals surface area contributed by atoms with Gasteiger partial charge in [-0.2, -0.15) is 0 Å². The zero-order chi connectivity index (χ0) is 24.2. The van der Waals surface area contributed by atoms with E-state index in [0.717, 1.165) is 33.1 Å². The predicted molar refractivity (Wildman–Crippen MR) is 140 cm³/mol. The molecular weight excluding hydrogens is 448 g/mol. The highest BCUT2D eigenvalue weighted by Gasteiger charge is 2.40. The Morgan fingerprint density at radius 1 is 0.939 bits per heavy atom. The Morgan fingerprint density at radius 2 is 1.61 bits per heavy atom. The third kappa shape index (κ3) is 4.27. The second kappa shape index (κ2) is 7.92. The van der Waals surface area contributed by atoms with Gasteiger partial charge < -0.3 is 8.99 Å². The van der Waals surface area contributed by atoms with Crippen molar-refractivity contribution in [1.82, 2.24) is 4.57 Å². The predicted octanol–water partition coefficient (Wildman–Crippen LogP) is 6.82. The van der Waals surface area contributed by atoms with Crippen LogP contribution < -0.4 is 9.15 Å². The van der Waals surface area contributed by atoms with Crippen molar-refractivity contribution in [3.05, 3.63) is 66.4 Å². The van der Waals surface area contributed by atoms with Crippen molar-refractivity contribution in [2.24, 2.45) is 7.05 Å². The number of hydrogen-bond acceptors (Lipinski definition) is 3. The van der Waals surface area contributed by atoms with E-state index in [0.29, 0.717) is 5.69 Å². The van der Waals surface area contributed by atoms with E-state index >= 15 is 0 Å². The Bertz CT molecular complexity index is 1460. The van der Waals surface area contributed by atoms with E-state index in [1.54, 1.807) is 18.2 Å². The number of fused-ring (bicyclic) bond motifs is 2. The zero-order valence-corrected chi connectivity index (χ0v) is 22.2. The van der Waals surface area contributed by atoms with Gasteiger partial charge in [0.15, 0.2) is 0 Å². The topological polar surface area (TPSA) is 60.3 Å². The number of hydrogen-bond donors (Lipinski definition) is 1. The van der Waals surface area contributed by atoms with Crippen LogP contribution in [-0.4, -0.2) is 21.3 Å². The maximum absolute atomic E-state index is 13.2. The lowest BCUT2D eigenvalue weighted by molar-refractivity contribution is 0.491. The van der Waals surface area contributed by atoms with Crippen LogP contribution in [0.2, 0.25) is 18.1 Å². The van der Waals surface area contributed by atoms with Gasteiger partial charge in [0, 0.05) is 18.1 Å². The largest absolute Gasteiger partial charge is 0.542 e. The molecule has 0 aliphatic carbocycles. The normalized spacial score (nSPS) is 12.9. The summed E-state index contributed by atoms with van der Waals surface area (Å²) in [5, 5.41) is 2.86. The summed E-state index contributed by atoms with van der Waals surface area (Å²) in [7, 11) is -3.80. The molecule has 0 amide bonds. The number of nitrogens with zero attached hydrogens (tertiary/aromatic N) is 1. The van der Waals surface area contributed by atoms with Crippen LogP contribution in [0.25, 0.3) is 21.7 Å². The molecule has 0 saturated carbocycles. The third-order valence-corrected chi connectivity index (χ3v) is 12.6. The lowest BCUT2D eigenvalue weighted by atomic mass is 10.1. The summed E-state index contributed by atoms with van der Waals surface area (Å²) in [6.07, 6.45) is 0. The van der Waals surface area contributed by atoms with Crippen LogP contribution in [0.15, 0.2) is 65.6 Å². The van der Waals surface area contributed by atoms with Crippen molar-refractivity contribution in [1.29, 1.82) is 0 Å². The third-order valence-electron chi connectivity index (χ3n) is 6.88. The summed E-state index contributed by atoms with van der Waals surface area (Å²) in [6, 6.07) is 18.5. The van der Waals surface area contributed by atoms with E-state index < -0.39 is 18.3 Å². The minimum Gasteiger partial charge on any atom is -0.542 e. The minimum atomic E-state index is -3.74. The number of benzene rings is 3. The Labute approximate surface area is 197 Å². The number of anilines is 1. The number of nitrogens with one attached hydrogen (secondary N) is 1. The van der Waals surface area contributed by atoms with Gasteiger partial charge in [-0.25, -0.2) is 8.42 Å². The SMILES string of the molecule is Cc1c(O[Si](C)(C)C(C)(C)C)c2cc(NS(=O)(=O)c3ccc4ccccc4c3)ccc2n1C. The first kappa shape index (κ1) is 23.4. The van der Waals surface area contributed by atoms with Gasteiger partial charge in [0.05, 0.1) is 16.1 Å². The highest BCUT2D eigenvalue weighted by atomic mass is 32.2. The molecule has 0 atom stereocenters. The molecule has 0 unspecified atom stereocenters. The van der Waals surface area contributed by atoms with E-state index in [-0.39, 0.29) is 9.93 Å². The first-order valence-electron chi connectivity index (χ1n) is 11.1. The van der Waals surface area contributed by atoms with Gasteiger partial charge in [-0.1, -0.05) is 51.1 Å². The van der Waals surface area contributed by atoms with Crippen LogP contribution in [0.5, 0.6) is 5.75 Å². The van der Waals surface area contributed by atoms with Crippen molar-refractivity contribution in [2.75, 3.05) is 4.72 Å². The van der Waals surface area contributed by atoms with Crippen molar-refractivity contribution < 1.29 is 12.8 Å². The van der Waals surface area contributed by atoms with E-state index in [1.165, 1.54) is 0 Å². The minimum absolute atomic E-state index is 0.0525. The molecule has 0 aliphatic heterocycles. The Kier molecular flexibility index (Phi) is 5.61. The summed E-state index contributed by atoms with van der Waals surface area (Å²) < 4.78 is 37.9. The molecule has 1 aromatic heterocycles. The Balaban J connectivity index is 1.74. The summed E-state index contributed by atoms with van der Waals surface area (Å²) in [6.45, 7) is 13.1. The molecule has 0 aliphatic rings. The standard InChI is InChI=1S/C26H32N2O3SSi/c1-18-25(31-33(6,7)26(2,3)4)23-17-21(13-15-24(23)28(18)5)27-32(29,30)22-14-12-19-10-8-9-11-20(19)16-22/h8-17,27H,1-7H3. The van der Waals surface area contributed by atoms with Gasteiger partial charge in [-0.15, -0.1) is 0 Å². The molecule has 3 aromatic carbocycles. The van der Waals surface area contributed by atoms with E-state index in [4.69, 9.17) is 4.43 Å². The van der Waals surface area contributed by atoms with Gasteiger partial charge in [-0.3, -0.25) is 4.72 Å². The van der Waals surface area contributed by atoms with Gasteiger partial charge in [0.25, 0.3) is 18.3 Å². The molecule has 0 radical (unpaired) electrons. The molecule has 1 N–H and O–H groups in total. The van der Waals surface area contributed by atoms with Crippen LogP contribution >= 0.6 is 0 Å². The first-order chi connectivity index (χ1) is 15.3. The summed E-state index contributed by atoms with van der Waals surface area (Å²) in [5.41, 5.74) is 2.56. The maximum atomic E-state index is 13.2. The van der Waals surface area contributed by atoms with Gasteiger partial charge in [0.1, 0.15) is 5.75 Å². The second-order valence-electron chi connectivity index (χ2n) is 10.2. The Hall–Kier alpha value is -2.77. The van der Waals surface area contributed by atoms with Crippen molar-refractivity contribution in [3.8, 4) is 5.75 Å². The zero-order valence-electron chi connectivity index (χ0n) is 20.4. The number of aromatic nitrogens is 1. The smallest absolute Gasteiger partial charge is 0.261 e. The second-order valence-corrected chi connectivity index (χ2v) is 16.6. The fourth-order valence-electron chi connectivity index (χ4n) is 3.69. The van der Waals surface area contributed by atoms with Crippen LogP contribution in [0.3, 0.4) is 0 Å². The molecule has 5 nitrogen and oxygen atoms in total. The quantitative estimate of drug-likeness (QED) is 0.319. The van der Waals surface area contributed by atoms with Gasteiger partial charge in [0.2, 0.25) is 0 Å². The highest BCUT2D eigenvalue weighted by Crippen LogP contribution is 2.42. The average Bonchev–Trinajstić information content (AvgIpc) is 2.96. The lowest BCUT2D eigenvalue weighted by Gasteiger charge is -2.36. The number of aryl methyl sites for hydroxylation is 1. The van der Waals surface area contributed by atoms with Gasteiger partial charge >= 0.3 is 0 Å². The number of rotatable bonds is 5. The fraction of sp³-hybridized carbons (Fsp3) is 0.308. The molecule has 4 aromatic rings. The number of sulfonamides is 1. The monoisotopic (exact) mass is 480 g/mol. The summed E-state index contributed by atoms with van der Waals surface area (Å²) >= 11 is 0. The van der Waals surface area contributed by atoms with Gasteiger partial charge in [-0.05, 0) is 66.2 Å². The fourth-order valence-corrected chi connectivity index (χ4v) is 5.85. The molecule has 4 rings (SSSR count). The molecule has 174 valence electrons. The summed E-state index contributed by atoms with van der Waals surface area (Å²) in [4.78, 5) is 0.239. The average molecular weight is 481 g/mol.